The van der Waals surface area contributed by atoms with Crippen molar-refractivity contribution in [3.05, 3.63) is 12.2 Å². The van der Waals surface area contributed by atoms with Gasteiger partial charge in [-0.15, -0.1) is 10.2 Å². The zero-order valence-electron chi connectivity index (χ0n) is 10.7. The van der Waals surface area contributed by atoms with Gasteiger partial charge < -0.3 is 4.98 Å². The summed E-state index contributed by atoms with van der Waals surface area (Å²) in [5, 5.41) is 8.05. The first kappa shape index (κ1) is 13.2. The summed E-state index contributed by atoms with van der Waals surface area (Å²) >= 11 is 0. The molecule has 0 saturated carbocycles. The average Bonchev–Trinajstić information content (AvgIpc) is 2.82. The molecule has 1 atom stereocenters. The molecule has 0 bridgehead atoms. The van der Waals surface area contributed by atoms with E-state index in [9.17, 15) is 0 Å². The van der Waals surface area contributed by atoms with E-state index in [1.807, 2.05) is 0 Å². The summed E-state index contributed by atoms with van der Waals surface area (Å²) < 4.78 is 0. The van der Waals surface area contributed by atoms with Gasteiger partial charge in [0.25, 0.3) is 0 Å². The summed E-state index contributed by atoms with van der Waals surface area (Å²) in [5.41, 5.74) is 0. The number of nitrogens with one attached hydrogen (secondary N) is 1. The molecule has 1 aromatic heterocycles. The van der Waals surface area contributed by atoms with E-state index < -0.39 is 0 Å². The molecule has 92 valence electrons. The third kappa shape index (κ3) is 4.77. The van der Waals surface area contributed by atoms with Crippen molar-refractivity contribution in [2.24, 2.45) is 0 Å². The normalized spacial score (nSPS) is 12.9. The van der Waals surface area contributed by atoms with Crippen LogP contribution in [-0.4, -0.2) is 15.2 Å². The predicted octanol–water partition coefficient (Wildman–Crippen LogP) is 4.05. The van der Waals surface area contributed by atoms with Gasteiger partial charge in [-0.25, -0.2) is 0 Å². The molecule has 1 N–H and O–H groups in total. The summed E-state index contributed by atoms with van der Waals surface area (Å²) in [4.78, 5) is 3.16. The van der Waals surface area contributed by atoms with E-state index in [-0.39, 0.29) is 0 Å². The SMILES string of the molecule is CCCCCCC(CCCC)c1nnc[nH]1. The van der Waals surface area contributed by atoms with Crippen LogP contribution in [0.2, 0.25) is 0 Å². The lowest BCUT2D eigenvalue weighted by Gasteiger charge is -2.13. The highest BCUT2D eigenvalue weighted by Gasteiger charge is 2.13. The predicted molar refractivity (Wildman–Crippen MR) is 67.4 cm³/mol. The summed E-state index contributed by atoms with van der Waals surface area (Å²) in [7, 11) is 0. The van der Waals surface area contributed by atoms with E-state index in [0.717, 1.165) is 5.82 Å². The molecule has 0 spiro atoms. The Hall–Kier alpha value is -0.860. The molecule has 1 unspecified atom stereocenters. The quantitative estimate of drug-likeness (QED) is 0.642. The van der Waals surface area contributed by atoms with Crippen molar-refractivity contribution >= 4 is 0 Å². The van der Waals surface area contributed by atoms with E-state index >= 15 is 0 Å². The van der Waals surface area contributed by atoms with Gasteiger partial charge in [-0.2, -0.15) is 0 Å². The molecule has 0 aliphatic heterocycles. The summed E-state index contributed by atoms with van der Waals surface area (Å²) in [6.45, 7) is 4.50. The van der Waals surface area contributed by atoms with Crippen molar-refractivity contribution in [2.75, 3.05) is 0 Å². The van der Waals surface area contributed by atoms with Gasteiger partial charge in [0.1, 0.15) is 12.2 Å². The molecule has 3 nitrogen and oxygen atoms in total. The first-order valence-corrected chi connectivity index (χ1v) is 6.74. The Morgan fingerprint density at radius 2 is 1.81 bits per heavy atom. The molecular weight excluding hydrogens is 198 g/mol. The van der Waals surface area contributed by atoms with Crippen LogP contribution >= 0.6 is 0 Å². The minimum absolute atomic E-state index is 0.597. The van der Waals surface area contributed by atoms with Gasteiger partial charge in [0.05, 0.1) is 0 Å². The molecule has 1 rings (SSSR count). The van der Waals surface area contributed by atoms with Crippen molar-refractivity contribution in [1.29, 1.82) is 0 Å². The zero-order chi connectivity index (χ0) is 11.6. The average molecular weight is 223 g/mol. The van der Waals surface area contributed by atoms with E-state index in [1.165, 1.54) is 51.4 Å². The monoisotopic (exact) mass is 223 g/mol. The zero-order valence-corrected chi connectivity index (χ0v) is 10.7. The molecule has 0 aliphatic carbocycles. The van der Waals surface area contributed by atoms with Gasteiger partial charge >= 0.3 is 0 Å². The molecule has 0 amide bonds. The second kappa shape index (κ2) is 8.31. The highest BCUT2D eigenvalue weighted by Crippen LogP contribution is 2.24. The standard InChI is InChI=1S/C13H25N3/c1-3-5-7-8-10-12(9-6-4-2)13-14-11-15-16-13/h11-12H,3-10H2,1-2H3,(H,14,15,16). The number of hydrogen-bond acceptors (Lipinski definition) is 2. The van der Waals surface area contributed by atoms with Gasteiger partial charge in [-0.05, 0) is 12.8 Å². The molecule has 1 aromatic rings. The van der Waals surface area contributed by atoms with Gasteiger partial charge in [0.2, 0.25) is 0 Å². The highest BCUT2D eigenvalue weighted by molar-refractivity contribution is 4.92. The largest absolute Gasteiger partial charge is 0.331 e. The molecule has 0 fully saturated rings. The lowest BCUT2D eigenvalue weighted by molar-refractivity contribution is 0.491. The van der Waals surface area contributed by atoms with Crippen LogP contribution in [0.3, 0.4) is 0 Å². The molecule has 0 radical (unpaired) electrons. The number of nitrogens with zero attached hydrogens (tertiary/aromatic N) is 2. The first-order chi connectivity index (χ1) is 7.88. The topological polar surface area (TPSA) is 41.6 Å². The van der Waals surface area contributed by atoms with Gasteiger partial charge in [-0.3, -0.25) is 0 Å². The fourth-order valence-electron chi connectivity index (χ4n) is 2.10. The fraction of sp³-hybridized carbons (Fsp3) is 0.846. The van der Waals surface area contributed by atoms with Crippen LogP contribution in [0.5, 0.6) is 0 Å². The Morgan fingerprint density at radius 1 is 1.06 bits per heavy atom. The van der Waals surface area contributed by atoms with Crippen LogP contribution < -0.4 is 0 Å². The molecule has 0 aromatic carbocycles. The van der Waals surface area contributed by atoms with Crippen LogP contribution in [0.25, 0.3) is 0 Å². The molecule has 0 aliphatic rings. The Kier molecular flexibility index (Phi) is 6.86. The summed E-state index contributed by atoms with van der Waals surface area (Å²) in [6, 6.07) is 0. The van der Waals surface area contributed by atoms with Gasteiger partial charge in [-0.1, -0.05) is 52.4 Å². The molecule has 3 heteroatoms. The smallest absolute Gasteiger partial charge is 0.133 e. The Bertz CT molecular complexity index is 244. The molecule has 16 heavy (non-hydrogen) atoms. The van der Waals surface area contributed by atoms with Crippen molar-refractivity contribution in [3.8, 4) is 0 Å². The van der Waals surface area contributed by atoms with Crippen LogP contribution in [0, 0.1) is 0 Å². The van der Waals surface area contributed by atoms with Crippen LogP contribution in [0.15, 0.2) is 6.33 Å². The molecular formula is C13H25N3. The lowest BCUT2D eigenvalue weighted by Crippen LogP contribution is -2.02. The number of H-pyrrole nitrogens is 1. The van der Waals surface area contributed by atoms with Crippen molar-refractivity contribution in [2.45, 2.75) is 71.1 Å². The number of rotatable bonds is 9. The number of aromatic nitrogens is 3. The fourth-order valence-corrected chi connectivity index (χ4v) is 2.10. The van der Waals surface area contributed by atoms with E-state index in [1.54, 1.807) is 6.33 Å². The Balaban J connectivity index is 2.32. The second-order valence-electron chi connectivity index (χ2n) is 4.56. The molecule has 1 heterocycles. The van der Waals surface area contributed by atoms with Crippen LogP contribution in [0.1, 0.15) is 77.0 Å². The maximum Gasteiger partial charge on any atom is 0.133 e. The number of aromatic amines is 1. The van der Waals surface area contributed by atoms with E-state index in [2.05, 4.69) is 29.0 Å². The third-order valence-electron chi connectivity index (χ3n) is 3.13. The molecule has 0 saturated heterocycles. The Labute approximate surface area is 99.1 Å². The maximum atomic E-state index is 4.16. The van der Waals surface area contributed by atoms with Gasteiger partial charge in [0, 0.05) is 5.92 Å². The van der Waals surface area contributed by atoms with Crippen molar-refractivity contribution in [1.82, 2.24) is 15.2 Å². The highest BCUT2D eigenvalue weighted by atomic mass is 15.2. The minimum Gasteiger partial charge on any atom is -0.331 e. The van der Waals surface area contributed by atoms with Gasteiger partial charge in [0.15, 0.2) is 0 Å². The Morgan fingerprint density at radius 3 is 2.44 bits per heavy atom. The third-order valence-corrected chi connectivity index (χ3v) is 3.13. The first-order valence-electron chi connectivity index (χ1n) is 6.74. The summed E-state index contributed by atoms with van der Waals surface area (Å²) in [6.07, 6.45) is 12.1. The van der Waals surface area contributed by atoms with Crippen molar-refractivity contribution < 1.29 is 0 Å². The second-order valence-corrected chi connectivity index (χ2v) is 4.56. The van der Waals surface area contributed by atoms with Crippen molar-refractivity contribution in [3.63, 3.8) is 0 Å². The van der Waals surface area contributed by atoms with E-state index in [0.29, 0.717) is 5.92 Å². The van der Waals surface area contributed by atoms with Crippen LogP contribution in [-0.2, 0) is 0 Å². The van der Waals surface area contributed by atoms with Crippen LogP contribution in [0.4, 0.5) is 0 Å². The number of unbranched alkanes of at least 4 members (excludes halogenated alkanes) is 4. The van der Waals surface area contributed by atoms with E-state index in [4.69, 9.17) is 0 Å². The minimum atomic E-state index is 0.597. The maximum absolute atomic E-state index is 4.16. The summed E-state index contributed by atoms with van der Waals surface area (Å²) in [5.74, 6) is 1.68. The lowest BCUT2D eigenvalue weighted by atomic mass is 9.94. The number of hydrogen-bond donors (Lipinski definition) is 1.